The van der Waals surface area contributed by atoms with E-state index in [1.165, 1.54) is 12.1 Å². The topological polar surface area (TPSA) is 55.8 Å². The van der Waals surface area contributed by atoms with Gasteiger partial charge in [-0.25, -0.2) is 9.18 Å². The summed E-state index contributed by atoms with van der Waals surface area (Å²) in [4.78, 5) is 16.0. The molecule has 0 aliphatic carbocycles. The van der Waals surface area contributed by atoms with E-state index >= 15 is 0 Å². The van der Waals surface area contributed by atoms with Gasteiger partial charge in [0.25, 0.3) is 0 Å². The Morgan fingerprint density at radius 1 is 1.08 bits per heavy atom. The summed E-state index contributed by atoms with van der Waals surface area (Å²) in [5, 5.41) is 12.7. The maximum absolute atomic E-state index is 13.1. The predicted octanol–water partition coefficient (Wildman–Crippen LogP) is 2.56. The van der Waals surface area contributed by atoms with Crippen molar-refractivity contribution in [3.8, 4) is 5.75 Å². The molecule has 0 aromatic heterocycles. The highest BCUT2D eigenvalue weighted by atomic mass is 19.1. The first-order valence-corrected chi connectivity index (χ1v) is 7.93. The number of halogens is 1. The van der Waals surface area contributed by atoms with E-state index in [-0.39, 0.29) is 17.6 Å². The Morgan fingerprint density at radius 3 is 2.54 bits per heavy atom. The monoisotopic (exact) mass is 329 g/mol. The minimum absolute atomic E-state index is 0.156. The predicted molar refractivity (Wildman–Crippen MR) is 90.5 cm³/mol. The van der Waals surface area contributed by atoms with Gasteiger partial charge < -0.3 is 20.2 Å². The van der Waals surface area contributed by atoms with Crippen LogP contribution in [0.5, 0.6) is 5.75 Å². The summed E-state index contributed by atoms with van der Waals surface area (Å²) in [6.07, 6.45) is 0. The molecule has 6 heteroatoms. The molecule has 0 radical (unpaired) electrons. The van der Waals surface area contributed by atoms with Gasteiger partial charge in [0.2, 0.25) is 0 Å². The van der Waals surface area contributed by atoms with Crippen LogP contribution in [0.25, 0.3) is 0 Å². The van der Waals surface area contributed by atoms with Crippen LogP contribution in [-0.4, -0.2) is 42.2 Å². The van der Waals surface area contributed by atoms with Crippen LogP contribution in [0.4, 0.5) is 14.9 Å². The number of phenols is 1. The molecule has 0 bridgehead atoms. The number of carbonyl (C=O) groups is 1. The van der Waals surface area contributed by atoms with Gasteiger partial charge in [0.1, 0.15) is 11.6 Å². The van der Waals surface area contributed by atoms with Crippen LogP contribution >= 0.6 is 0 Å². The van der Waals surface area contributed by atoms with Crippen molar-refractivity contribution in [1.82, 2.24) is 10.2 Å². The molecule has 2 amide bonds. The molecule has 1 heterocycles. The van der Waals surface area contributed by atoms with Crippen LogP contribution < -0.4 is 10.2 Å². The molecule has 3 rings (SSSR count). The van der Waals surface area contributed by atoms with Gasteiger partial charge in [0, 0.05) is 32.7 Å². The molecule has 0 atom stereocenters. The van der Waals surface area contributed by atoms with Gasteiger partial charge >= 0.3 is 6.03 Å². The summed E-state index contributed by atoms with van der Waals surface area (Å²) in [6, 6.07) is 13.2. The van der Waals surface area contributed by atoms with Crippen molar-refractivity contribution in [1.29, 1.82) is 0 Å². The molecule has 2 aromatic carbocycles. The lowest BCUT2D eigenvalue weighted by atomic mass is 10.2. The molecule has 2 N–H and O–H groups in total. The molecule has 0 saturated carbocycles. The normalized spacial score (nSPS) is 14.5. The number of rotatable bonds is 3. The smallest absolute Gasteiger partial charge is 0.317 e. The van der Waals surface area contributed by atoms with E-state index in [1.807, 2.05) is 12.1 Å². The van der Waals surface area contributed by atoms with E-state index in [2.05, 4.69) is 10.2 Å². The lowest BCUT2D eigenvalue weighted by molar-refractivity contribution is 0.194. The number of para-hydroxylation sites is 2. The molecule has 1 fully saturated rings. The first kappa shape index (κ1) is 16.1. The molecule has 1 saturated heterocycles. The molecule has 24 heavy (non-hydrogen) atoms. The zero-order chi connectivity index (χ0) is 16.9. The van der Waals surface area contributed by atoms with Crippen molar-refractivity contribution in [2.24, 2.45) is 0 Å². The molecule has 126 valence electrons. The molecular formula is C18H20FN3O2. The fourth-order valence-electron chi connectivity index (χ4n) is 2.82. The highest BCUT2D eigenvalue weighted by Crippen LogP contribution is 2.27. The van der Waals surface area contributed by atoms with Gasteiger partial charge in [-0.05, 0) is 29.8 Å². The summed E-state index contributed by atoms with van der Waals surface area (Å²) in [5.74, 6) is -0.0560. The zero-order valence-electron chi connectivity index (χ0n) is 13.3. The first-order valence-electron chi connectivity index (χ1n) is 7.93. The summed E-state index contributed by atoms with van der Waals surface area (Å²) in [5.41, 5.74) is 1.52. The van der Waals surface area contributed by atoms with Gasteiger partial charge in [-0.3, -0.25) is 0 Å². The van der Waals surface area contributed by atoms with Crippen LogP contribution in [0.15, 0.2) is 48.5 Å². The van der Waals surface area contributed by atoms with Crippen molar-refractivity contribution >= 4 is 11.7 Å². The van der Waals surface area contributed by atoms with Gasteiger partial charge in [-0.2, -0.15) is 0 Å². The number of benzene rings is 2. The second kappa shape index (κ2) is 7.21. The van der Waals surface area contributed by atoms with E-state index in [9.17, 15) is 14.3 Å². The van der Waals surface area contributed by atoms with E-state index in [1.54, 1.807) is 29.2 Å². The highest BCUT2D eigenvalue weighted by molar-refractivity contribution is 5.74. The Morgan fingerprint density at radius 2 is 1.83 bits per heavy atom. The number of amides is 2. The Bertz CT molecular complexity index is 715. The van der Waals surface area contributed by atoms with Gasteiger partial charge in [-0.15, -0.1) is 0 Å². The molecule has 5 nitrogen and oxygen atoms in total. The lowest BCUT2D eigenvalue weighted by Crippen LogP contribution is -2.51. The highest BCUT2D eigenvalue weighted by Gasteiger charge is 2.22. The SMILES string of the molecule is O=C(NCc1cccc(F)c1)N1CCN(c2ccccc2O)CC1. The van der Waals surface area contributed by atoms with Gasteiger partial charge in [0.05, 0.1) is 5.69 Å². The number of nitrogens with one attached hydrogen (secondary N) is 1. The molecule has 0 spiro atoms. The summed E-state index contributed by atoms with van der Waals surface area (Å²) in [7, 11) is 0. The Balaban J connectivity index is 1.51. The Hall–Kier alpha value is -2.76. The number of aromatic hydroxyl groups is 1. The van der Waals surface area contributed by atoms with E-state index in [0.29, 0.717) is 32.7 Å². The Labute approximate surface area is 140 Å². The number of hydrogen-bond acceptors (Lipinski definition) is 3. The second-order valence-electron chi connectivity index (χ2n) is 5.75. The number of carbonyl (C=O) groups excluding carboxylic acids is 1. The summed E-state index contributed by atoms with van der Waals surface area (Å²) >= 11 is 0. The van der Waals surface area contributed by atoms with Crippen LogP contribution in [0, 0.1) is 5.82 Å². The third-order valence-corrected chi connectivity index (χ3v) is 4.12. The Kier molecular flexibility index (Phi) is 4.84. The third kappa shape index (κ3) is 3.76. The molecule has 1 aliphatic heterocycles. The molecule has 0 unspecified atom stereocenters. The first-order chi connectivity index (χ1) is 11.6. The average molecular weight is 329 g/mol. The number of phenolic OH excluding ortho intramolecular Hbond substituents is 1. The zero-order valence-corrected chi connectivity index (χ0v) is 13.3. The van der Waals surface area contributed by atoms with E-state index in [0.717, 1.165) is 11.3 Å². The quantitative estimate of drug-likeness (QED) is 0.910. The van der Waals surface area contributed by atoms with E-state index < -0.39 is 0 Å². The number of anilines is 1. The van der Waals surface area contributed by atoms with Crippen LogP contribution in [0.1, 0.15) is 5.56 Å². The number of nitrogens with zero attached hydrogens (tertiary/aromatic N) is 2. The largest absolute Gasteiger partial charge is 0.506 e. The minimum atomic E-state index is -0.307. The standard InChI is InChI=1S/C18H20FN3O2/c19-15-5-3-4-14(12-15)13-20-18(24)22-10-8-21(9-11-22)16-6-1-2-7-17(16)23/h1-7,12,23H,8-11,13H2,(H,20,24). The number of urea groups is 1. The maximum atomic E-state index is 13.1. The van der Waals surface area contributed by atoms with Crippen molar-refractivity contribution in [2.45, 2.75) is 6.54 Å². The van der Waals surface area contributed by atoms with Crippen LogP contribution in [0.3, 0.4) is 0 Å². The number of piperazine rings is 1. The fraction of sp³-hybridized carbons (Fsp3) is 0.278. The van der Waals surface area contributed by atoms with E-state index in [4.69, 9.17) is 0 Å². The fourth-order valence-corrected chi connectivity index (χ4v) is 2.82. The van der Waals surface area contributed by atoms with Crippen molar-refractivity contribution in [2.75, 3.05) is 31.1 Å². The van der Waals surface area contributed by atoms with Crippen LogP contribution in [0.2, 0.25) is 0 Å². The third-order valence-electron chi connectivity index (χ3n) is 4.12. The van der Waals surface area contributed by atoms with Crippen molar-refractivity contribution in [3.05, 3.63) is 59.9 Å². The van der Waals surface area contributed by atoms with Gasteiger partial charge in [-0.1, -0.05) is 24.3 Å². The molecular weight excluding hydrogens is 309 g/mol. The average Bonchev–Trinajstić information content (AvgIpc) is 2.60. The second-order valence-corrected chi connectivity index (χ2v) is 5.75. The lowest BCUT2D eigenvalue weighted by Gasteiger charge is -2.36. The minimum Gasteiger partial charge on any atom is -0.506 e. The van der Waals surface area contributed by atoms with Crippen LogP contribution in [-0.2, 0) is 6.54 Å². The number of hydrogen-bond donors (Lipinski definition) is 2. The van der Waals surface area contributed by atoms with Gasteiger partial charge in [0.15, 0.2) is 0 Å². The van der Waals surface area contributed by atoms with Crippen molar-refractivity contribution in [3.63, 3.8) is 0 Å². The molecule has 1 aliphatic rings. The summed E-state index contributed by atoms with van der Waals surface area (Å²) < 4.78 is 13.1. The molecule has 2 aromatic rings. The maximum Gasteiger partial charge on any atom is 0.317 e. The van der Waals surface area contributed by atoms with Crippen molar-refractivity contribution < 1.29 is 14.3 Å². The summed E-state index contributed by atoms with van der Waals surface area (Å²) in [6.45, 7) is 2.76.